The minimum absolute atomic E-state index is 0.193. The van der Waals surface area contributed by atoms with E-state index in [0.717, 1.165) is 0 Å². The standard InChI is InChI=1S/C15H20N2O4/c1-9-13(18)16-15(2,3)14(19)17(9)11-8-10(20-4)6-7-12(11)21-5/h6-9H,1-5H3,(H,16,18). The van der Waals surface area contributed by atoms with Gasteiger partial charge in [-0.05, 0) is 32.9 Å². The quantitative estimate of drug-likeness (QED) is 0.912. The normalized spacial score (nSPS) is 21.0. The molecule has 0 saturated carbocycles. The first-order valence-electron chi connectivity index (χ1n) is 6.69. The van der Waals surface area contributed by atoms with Crippen LogP contribution >= 0.6 is 0 Å². The van der Waals surface area contributed by atoms with Gasteiger partial charge < -0.3 is 14.8 Å². The maximum atomic E-state index is 12.7. The number of rotatable bonds is 3. The summed E-state index contributed by atoms with van der Waals surface area (Å²) in [7, 11) is 3.07. The molecule has 2 amide bonds. The van der Waals surface area contributed by atoms with E-state index in [1.54, 1.807) is 46.1 Å². The molecule has 114 valence electrons. The fourth-order valence-electron chi connectivity index (χ4n) is 2.36. The second kappa shape index (κ2) is 5.27. The number of carbonyl (C=O) groups excluding carboxylic acids is 2. The fourth-order valence-corrected chi connectivity index (χ4v) is 2.36. The van der Waals surface area contributed by atoms with E-state index in [4.69, 9.17) is 9.47 Å². The summed E-state index contributed by atoms with van der Waals surface area (Å²) in [4.78, 5) is 26.3. The molecule has 1 heterocycles. The molecule has 1 N–H and O–H groups in total. The minimum atomic E-state index is -0.961. The molecular formula is C15H20N2O4. The van der Waals surface area contributed by atoms with Crippen molar-refractivity contribution in [3.05, 3.63) is 18.2 Å². The van der Waals surface area contributed by atoms with Crippen LogP contribution in [0, 0.1) is 0 Å². The number of ether oxygens (including phenoxy) is 2. The van der Waals surface area contributed by atoms with Crippen molar-refractivity contribution in [1.29, 1.82) is 0 Å². The molecule has 1 saturated heterocycles. The highest BCUT2D eigenvalue weighted by atomic mass is 16.5. The number of anilines is 1. The number of carbonyl (C=O) groups is 2. The Hall–Kier alpha value is -2.24. The molecule has 21 heavy (non-hydrogen) atoms. The van der Waals surface area contributed by atoms with Crippen molar-refractivity contribution in [2.45, 2.75) is 32.4 Å². The van der Waals surface area contributed by atoms with E-state index in [1.807, 2.05) is 0 Å². The molecule has 1 atom stereocenters. The van der Waals surface area contributed by atoms with Gasteiger partial charge in [0.2, 0.25) is 5.91 Å². The summed E-state index contributed by atoms with van der Waals surface area (Å²) in [5.74, 6) is 0.710. The second-order valence-corrected chi connectivity index (χ2v) is 5.50. The number of amides is 2. The van der Waals surface area contributed by atoms with Crippen molar-refractivity contribution >= 4 is 17.5 Å². The van der Waals surface area contributed by atoms with Crippen LogP contribution in [-0.4, -0.2) is 37.6 Å². The number of nitrogens with one attached hydrogen (secondary N) is 1. The number of hydrogen-bond acceptors (Lipinski definition) is 4. The molecule has 1 aromatic rings. The Morgan fingerprint density at radius 1 is 1.19 bits per heavy atom. The average molecular weight is 292 g/mol. The molecular weight excluding hydrogens is 272 g/mol. The van der Waals surface area contributed by atoms with Gasteiger partial charge in [-0.1, -0.05) is 0 Å². The largest absolute Gasteiger partial charge is 0.497 e. The van der Waals surface area contributed by atoms with E-state index >= 15 is 0 Å². The molecule has 0 aromatic heterocycles. The molecule has 1 fully saturated rings. The van der Waals surface area contributed by atoms with Crippen LogP contribution in [0.25, 0.3) is 0 Å². The van der Waals surface area contributed by atoms with Crippen molar-refractivity contribution in [1.82, 2.24) is 5.32 Å². The minimum Gasteiger partial charge on any atom is -0.497 e. The van der Waals surface area contributed by atoms with Crippen LogP contribution in [0.3, 0.4) is 0 Å². The summed E-state index contributed by atoms with van der Waals surface area (Å²) >= 11 is 0. The van der Waals surface area contributed by atoms with E-state index in [-0.39, 0.29) is 11.8 Å². The topological polar surface area (TPSA) is 67.9 Å². The van der Waals surface area contributed by atoms with E-state index < -0.39 is 11.6 Å². The van der Waals surface area contributed by atoms with Gasteiger partial charge in [0.15, 0.2) is 0 Å². The van der Waals surface area contributed by atoms with Crippen LogP contribution in [0.4, 0.5) is 5.69 Å². The SMILES string of the molecule is COc1ccc(OC)c(N2C(=O)C(C)(C)NC(=O)C2C)c1. The van der Waals surface area contributed by atoms with Gasteiger partial charge in [0.05, 0.1) is 19.9 Å². The molecule has 6 heteroatoms. The Morgan fingerprint density at radius 3 is 2.43 bits per heavy atom. The summed E-state index contributed by atoms with van der Waals surface area (Å²) < 4.78 is 10.5. The Balaban J connectivity index is 2.56. The van der Waals surface area contributed by atoms with Gasteiger partial charge in [0, 0.05) is 6.07 Å². The highest BCUT2D eigenvalue weighted by Gasteiger charge is 2.45. The van der Waals surface area contributed by atoms with E-state index in [1.165, 1.54) is 12.0 Å². The zero-order chi connectivity index (χ0) is 15.8. The summed E-state index contributed by atoms with van der Waals surface area (Å²) in [6, 6.07) is 4.54. The highest BCUT2D eigenvalue weighted by Crippen LogP contribution is 2.36. The Kier molecular flexibility index (Phi) is 3.80. The first kappa shape index (κ1) is 15.2. The summed E-state index contributed by atoms with van der Waals surface area (Å²) in [5, 5.41) is 2.72. The zero-order valence-electron chi connectivity index (χ0n) is 12.9. The van der Waals surface area contributed by atoms with Crippen LogP contribution in [0.2, 0.25) is 0 Å². The lowest BCUT2D eigenvalue weighted by molar-refractivity contribution is -0.136. The predicted octanol–water partition coefficient (Wildman–Crippen LogP) is 1.33. The first-order valence-corrected chi connectivity index (χ1v) is 6.69. The van der Waals surface area contributed by atoms with E-state index in [9.17, 15) is 9.59 Å². The second-order valence-electron chi connectivity index (χ2n) is 5.50. The monoisotopic (exact) mass is 292 g/mol. The summed E-state index contributed by atoms with van der Waals surface area (Å²) in [6.45, 7) is 5.04. The Bertz CT molecular complexity index is 583. The van der Waals surface area contributed by atoms with Gasteiger partial charge in [-0.2, -0.15) is 0 Å². The van der Waals surface area contributed by atoms with Gasteiger partial charge in [0.1, 0.15) is 23.1 Å². The molecule has 1 unspecified atom stereocenters. The Morgan fingerprint density at radius 2 is 1.86 bits per heavy atom. The van der Waals surface area contributed by atoms with Gasteiger partial charge >= 0.3 is 0 Å². The predicted molar refractivity (Wildman–Crippen MR) is 78.7 cm³/mol. The third kappa shape index (κ3) is 2.53. The van der Waals surface area contributed by atoms with Crippen LogP contribution in [0.5, 0.6) is 11.5 Å². The first-order chi connectivity index (χ1) is 9.81. The number of methoxy groups -OCH3 is 2. The van der Waals surface area contributed by atoms with Crippen LogP contribution < -0.4 is 19.7 Å². The lowest BCUT2D eigenvalue weighted by Crippen LogP contribution is -2.67. The molecule has 1 aromatic carbocycles. The number of hydrogen-bond donors (Lipinski definition) is 1. The molecule has 1 aliphatic rings. The molecule has 1 aliphatic heterocycles. The summed E-state index contributed by atoms with van der Waals surface area (Å²) in [6.07, 6.45) is 0. The molecule has 0 aliphatic carbocycles. The number of piperazine rings is 1. The van der Waals surface area contributed by atoms with Crippen molar-refractivity contribution in [2.75, 3.05) is 19.1 Å². The number of nitrogens with zero attached hydrogens (tertiary/aromatic N) is 1. The molecule has 0 radical (unpaired) electrons. The smallest absolute Gasteiger partial charge is 0.253 e. The maximum absolute atomic E-state index is 12.7. The third-order valence-electron chi connectivity index (χ3n) is 3.60. The van der Waals surface area contributed by atoms with Gasteiger partial charge in [-0.25, -0.2) is 0 Å². The molecule has 6 nitrogen and oxygen atoms in total. The molecule has 0 spiro atoms. The zero-order valence-corrected chi connectivity index (χ0v) is 12.9. The molecule has 0 bridgehead atoms. The van der Waals surface area contributed by atoms with Crippen molar-refractivity contribution in [2.24, 2.45) is 0 Å². The third-order valence-corrected chi connectivity index (χ3v) is 3.60. The van der Waals surface area contributed by atoms with Crippen LogP contribution in [0.1, 0.15) is 20.8 Å². The van der Waals surface area contributed by atoms with Crippen LogP contribution in [-0.2, 0) is 9.59 Å². The lowest BCUT2D eigenvalue weighted by atomic mass is 9.96. The van der Waals surface area contributed by atoms with Gasteiger partial charge in [-0.15, -0.1) is 0 Å². The van der Waals surface area contributed by atoms with Crippen molar-refractivity contribution < 1.29 is 19.1 Å². The fraction of sp³-hybridized carbons (Fsp3) is 0.467. The highest BCUT2D eigenvalue weighted by molar-refractivity contribution is 6.11. The maximum Gasteiger partial charge on any atom is 0.253 e. The number of benzene rings is 1. The van der Waals surface area contributed by atoms with Gasteiger partial charge in [0.25, 0.3) is 5.91 Å². The van der Waals surface area contributed by atoms with Crippen LogP contribution in [0.15, 0.2) is 18.2 Å². The summed E-state index contributed by atoms with van der Waals surface area (Å²) in [5.41, 5.74) is -0.435. The lowest BCUT2D eigenvalue weighted by Gasteiger charge is -2.41. The molecule has 2 rings (SSSR count). The van der Waals surface area contributed by atoms with Crippen molar-refractivity contribution in [3.63, 3.8) is 0 Å². The Labute approximate surface area is 124 Å². The average Bonchev–Trinajstić information content (AvgIpc) is 2.45. The van der Waals surface area contributed by atoms with E-state index in [2.05, 4.69) is 5.32 Å². The van der Waals surface area contributed by atoms with E-state index in [0.29, 0.717) is 17.2 Å². The van der Waals surface area contributed by atoms with Crippen molar-refractivity contribution in [3.8, 4) is 11.5 Å². The van der Waals surface area contributed by atoms with Gasteiger partial charge in [-0.3, -0.25) is 14.5 Å².